The van der Waals surface area contributed by atoms with Gasteiger partial charge in [-0.3, -0.25) is 4.79 Å². The number of carbonyl (C=O) groups excluding carboxylic acids is 1. The lowest BCUT2D eigenvalue weighted by Crippen LogP contribution is -2.39. The zero-order chi connectivity index (χ0) is 20.6. The molecule has 0 aliphatic heterocycles. The molecule has 1 aliphatic rings. The second-order valence-electron chi connectivity index (χ2n) is 7.21. The highest BCUT2D eigenvalue weighted by atomic mass is 32.2. The molecule has 0 spiro atoms. The third-order valence-corrected chi connectivity index (χ3v) is 7.03. The molecule has 28 heavy (non-hydrogen) atoms. The van der Waals surface area contributed by atoms with Crippen LogP contribution in [0.25, 0.3) is 0 Å². The van der Waals surface area contributed by atoms with Crippen LogP contribution in [0, 0.1) is 5.92 Å². The van der Waals surface area contributed by atoms with Gasteiger partial charge in [-0.1, -0.05) is 33.1 Å². The molecule has 1 fully saturated rings. The second kappa shape index (κ2) is 10.9. The van der Waals surface area contributed by atoms with Crippen molar-refractivity contribution >= 4 is 38.9 Å². The lowest BCUT2D eigenvalue weighted by Gasteiger charge is -2.22. The van der Waals surface area contributed by atoms with Crippen molar-refractivity contribution < 1.29 is 13.2 Å². The largest absolute Gasteiger partial charge is 0.332 e. The van der Waals surface area contributed by atoms with Crippen molar-refractivity contribution in [3.63, 3.8) is 0 Å². The Morgan fingerprint density at radius 3 is 2.18 bits per heavy atom. The summed E-state index contributed by atoms with van der Waals surface area (Å²) in [7, 11) is -3.50. The number of carbonyl (C=O) groups is 1. The van der Waals surface area contributed by atoms with Gasteiger partial charge in [-0.15, -0.1) is 0 Å². The molecular formula is C20H31N3O3S2. The monoisotopic (exact) mass is 425 g/mol. The number of nitrogens with one attached hydrogen (secondary N) is 2. The Bertz CT molecular complexity index is 751. The molecule has 1 amide bonds. The Balaban J connectivity index is 1.97. The summed E-state index contributed by atoms with van der Waals surface area (Å²) < 4.78 is 27.1. The quantitative estimate of drug-likeness (QED) is 0.618. The summed E-state index contributed by atoms with van der Waals surface area (Å²) in [5.41, 5.74) is 0.644. The van der Waals surface area contributed by atoms with E-state index in [4.69, 9.17) is 12.2 Å². The first-order valence-corrected chi connectivity index (χ1v) is 11.9. The van der Waals surface area contributed by atoms with Gasteiger partial charge in [-0.2, -0.15) is 4.31 Å². The minimum atomic E-state index is -3.50. The van der Waals surface area contributed by atoms with Gasteiger partial charge in [0.15, 0.2) is 5.11 Å². The van der Waals surface area contributed by atoms with E-state index < -0.39 is 10.0 Å². The van der Waals surface area contributed by atoms with Gasteiger partial charge in [0.05, 0.1) is 4.90 Å². The Morgan fingerprint density at radius 1 is 1.07 bits per heavy atom. The Morgan fingerprint density at radius 2 is 1.64 bits per heavy atom. The van der Waals surface area contributed by atoms with Crippen LogP contribution in [0.5, 0.6) is 0 Å². The minimum absolute atomic E-state index is 0.0316. The molecule has 1 aromatic rings. The maximum Gasteiger partial charge on any atom is 0.243 e. The predicted octanol–water partition coefficient (Wildman–Crippen LogP) is 3.89. The minimum Gasteiger partial charge on any atom is -0.332 e. The molecule has 0 heterocycles. The van der Waals surface area contributed by atoms with Gasteiger partial charge >= 0.3 is 0 Å². The number of sulfonamides is 1. The van der Waals surface area contributed by atoms with Crippen LogP contribution in [0.4, 0.5) is 5.69 Å². The fourth-order valence-electron chi connectivity index (χ4n) is 3.45. The summed E-state index contributed by atoms with van der Waals surface area (Å²) in [5, 5.41) is 5.95. The number of nitrogens with zero attached hydrogens (tertiary/aromatic N) is 1. The van der Waals surface area contributed by atoms with Crippen LogP contribution in [0.1, 0.15) is 58.8 Å². The molecular weight excluding hydrogens is 394 g/mol. The Labute approximate surface area is 174 Å². The normalized spacial score (nSPS) is 15.4. The predicted molar refractivity (Wildman–Crippen MR) is 117 cm³/mol. The molecule has 0 saturated heterocycles. The van der Waals surface area contributed by atoms with E-state index in [1.165, 1.54) is 10.7 Å². The van der Waals surface area contributed by atoms with Crippen molar-refractivity contribution in [1.82, 2.24) is 9.62 Å². The maximum absolute atomic E-state index is 12.8. The molecule has 2 N–H and O–H groups in total. The van der Waals surface area contributed by atoms with Crippen LogP contribution >= 0.6 is 12.2 Å². The summed E-state index contributed by atoms with van der Waals surface area (Å²) in [6.07, 6.45) is 6.72. The van der Waals surface area contributed by atoms with E-state index in [2.05, 4.69) is 10.6 Å². The smallest absolute Gasteiger partial charge is 0.243 e. The zero-order valence-corrected chi connectivity index (χ0v) is 18.4. The molecule has 0 unspecified atom stereocenters. The van der Waals surface area contributed by atoms with Crippen molar-refractivity contribution in [1.29, 1.82) is 0 Å². The van der Waals surface area contributed by atoms with Crippen molar-refractivity contribution in [3.05, 3.63) is 24.3 Å². The number of hydrogen-bond acceptors (Lipinski definition) is 4. The number of anilines is 1. The average molecular weight is 426 g/mol. The SMILES string of the molecule is CCCN(CCC)S(=O)(=O)c1ccc(NC(=S)NC(=O)C2CCCCC2)cc1. The van der Waals surface area contributed by atoms with Crippen LogP contribution in [0.3, 0.4) is 0 Å². The highest BCUT2D eigenvalue weighted by Gasteiger charge is 2.23. The third kappa shape index (κ3) is 6.25. The molecule has 1 aliphatic carbocycles. The summed E-state index contributed by atoms with van der Waals surface area (Å²) in [6.45, 7) is 4.95. The number of benzene rings is 1. The van der Waals surface area contributed by atoms with Gasteiger partial charge in [0.1, 0.15) is 0 Å². The number of amides is 1. The van der Waals surface area contributed by atoms with Crippen LogP contribution in [-0.4, -0.2) is 36.8 Å². The second-order valence-corrected chi connectivity index (χ2v) is 9.55. The van der Waals surface area contributed by atoms with Crippen LogP contribution in [0.15, 0.2) is 29.2 Å². The van der Waals surface area contributed by atoms with Gasteiger partial charge in [0.2, 0.25) is 15.9 Å². The van der Waals surface area contributed by atoms with Gasteiger partial charge in [0.25, 0.3) is 0 Å². The molecule has 0 atom stereocenters. The number of thiocarbonyl (C=S) groups is 1. The topological polar surface area (TPSA) is 78.5 Å². The summed E-state index contributed by atoms with van der Waals surface area (Å²) in [6, 6.07) is 6.48. The Hall–Kier alpha value is -1.51. The summed E-state index contributed by atoms with van der Waals surface area (Å²) in [5.74, 6) is -0.00435. The number of rotatable bonds is 8. The maximum atomic E-state index is 12.8. The Kier molecular flexibility index (Phi) is 8.85. The fourth-order valence-corrected chi connectivity index (χ4v) is 5.29. The lowest BCUT2D eigenvalue weighted by molar-refractivity contribution is -0.124. The van der Waals surface area contributed by atoms with E-state index in [1.54, 1.807) is 24.3 Å². The van der Waals surface area contributed by atoms with Crippen molar-refractivity contribution in [3.8, 4) is 0 Å². The van der Waals surface area contributed by atoms with E-state index >= 15 is 0 Å². The zero-order valence-electron chi connectivity index (χ0n) is 16.7. The highest BCUT2D eigenvalue weighted by Crippen LogP contribution is 2.24. The van der Waals surface area contributed by atoms with Crippen molar-refractivity contribution in [2.45, 2.75) is 63.7 Å². The first-order valence-electron chi connectivity index (χ1n) is 10.1. The first kappa shape index (κ1) is 22.8. The van der Waals surface area contributed by atoms with Crippen molar-refractivity contribution in [2.75, 3.05) is 18.4 Å². The molecule has 2 rings (SSSR count). The van der Waals surface area contributed by atoms with E-state index in [-0.39, 0.29) is 21.8 Å². The van der Waals surface area contributed by atoms with E-state index in [1.807, 2.05) is 13.8 Å². The molecule has 6 nitrogen and oxygen atoms in total. The molecule has 8 heteroatoms. The molecule has 1 aromatic carbocycles. The third-order valence-electron chi connectivity index (χ3n) is 4.91. The first-order chi connectivity index (χ1) is 13.4. The van der Waals surface area contributed by atoms with E-state index in [0.29, 0.717) is 18.8 Å². The molecule has 156 valence electrons. The summed E-state index contributed by atoms with van der Waals surface area (Å²) >= 11 is 5.23. The molecule has 1 saturated carbocycles. The molecule has 0 bridgehead atoms. The van der Waals surface area contributed by atoms with E-state index in [9.17, 15) is 13.2 Å². The van der Waals surface area contributed by atoms with Crippen LogP contribution in [-0.2, 0) is 14.8 Å². The molecule has 0 radical (unpaired) electrons. The van der Waals surface area contributed by atoms with Crippen LogP contribution < -0.4 is 10.6 Å². The van der Waals surface area contributed by atoms with Gasteiger partial charge in [-0.25, -0.2) is 8.42 Å². The van der Waals surface area contributed by atoms with Crippen molar-refractivity contribution in [2.24, 2.45) is 5.92 Å². The van der Waals surface area contributed by atoms with Crippen LogP contribution in [0.2, 0.25) is 0 Å². The lowest BCUT2D eigenvalue weighted by atomic mass is 9.89. The van der Waals surface area contributed by atoms with Gasteiger partial charge in [-0.05, 0) is 62.2 Å². The highest BCUT2D eigenvalue weighted by molar-refractivity contribution is 7.89. The van der Waals surface area contributed by atoms with E-state index in [0.717, 1.165) is 38.5 Å². The fraction of sp³-hybridized carbons (Fsp3) is 0.600. The van der Waals surface area contributed by atoms with Gasteiger partial charge < -0.3 is 10.6 Å². The average Bonchev–Trinajstić information content (AvgIpc) is 2.68. The number of hydrogen-bond donors (Lipinski definition) is 2. The van der Waals surface area contributed by atoms with Gasteiger partial charge in [0, 0.05) is 24.7 Å². The summed E-state index contributed by atoms with van der Waals surface area (Å²) in [4.78, 5) is 12.5. The standard InChI is InChI=1S/C20H31N3O3S2/c1-3-14-23(15-4-2)28(25,26)18-12-10-17(11-13-18)21-20(27)22-19(24)16-8-6-5-7-9-16/h10-13,16H,3-9,14-15H2,1-2H3,(H2,21,22,24,27). The molecule has 0 aromatic heterocycles.